The van der Waals surface area contributed by atoms with Crippen LogP contribution in [0.25, 0.3) is 0 Å². The summed E-state index contributed by atoms with van der Waals surface area (Å²) in [7, 11) is 1.56. The van der Waals surface area contributed by atoms with Gasteiger partial charge in [0.15, 0.2) is 11.5 Å². The molecule has 7 nitrogen and oxygen atoms in total. The molecule has 1 aromatic heterocycles. The molecule has 0 spiro atoms. The summed E-state index contributed by atoms with van der Waals surface area (Å²) in [4.78, 5) is 12.5. The number of carbonyl (C=O) groups is 1. The molecule has 3 rings (SSSR count). The van der Waals surface area contributed by atoms with Crippen molar-refractivity contribution in [1.82, 2.24) is 20.1 Å². The highest BCUT2D eigenvalue weighted by atomic mass is 79.9. The van der Waals surface area contributed by atoms with E-state index in [1.807, 2.05) is 6.92 Å². The topological polar surface area (TPSA) is 78.3 Å². The molecule has 1 N–H and O–H groups in total. The Morgan fingerprint density at radius 3 is 3.00 bits per heavy atom. The lowest BCUT2D eigenvalue weighted by Crippen LogP contribution is -2.26. The number of halogens is 1. The molecule has 8 heteroatoms. The van der Waals surface area contributed by atoms with Crippen LogP contribution in [0.2, 0.25) is 0 Å². The Hall–Kier alpha value is -2.09. The Labute approximate surface area is 161 Å². The molecule has 1 aromatic carbocycles. The molecule has 0 fully saturated rings. The van der Waals surface area contributed by atoms with E-state index in [1.165, 1.54) is 0 Å². The fraction of sp³-hybridized carbons (Fsp3) is 0.500. The monoisotopic (exact) mass is 422 g/mol. The highest BCUT2D eigenvalue weighted by molar-refractivity contribution is 9.10. The Bertz CT molecular complexity index is 791. The fourth-order valence-electron chi connectivity index (χ4n) is 2.98. The lowest BCUT2D eigenvalue weighted by Gasteiger charge is -2.14. The van der Waals surface area contributed by atoms with Crippen molar-refractivity contribution in [2.45, 2.75) is 39.2 Å². The zero-order valence-corrected chi connectivity index (χ0v) is 16.6. The van der Waals surface area contributed by atoms with E-state index in [0.29, 0.717) is 41.1 Å². The molecule has 0 saturated carbocycles. The van der Waals surface area contributed by atoms with E-state index < -0.39 is 0 Å². The molecule has 1 aliphatic rings. The average Bonchev–Trinajstić information content (AvgIpc) is 3.24. The lowest BCUT2D eigenvalue weighted by atomic mass is 10.2. The second-order valence-electron chi connectivity index (χ2n) is 6.13. The first-order chi connectivity index (χ1) is 12.6. The number of nitrogens with one attached hydrogen (secondary N) is 1. The van der Waals surface area contributed by atoms with Crippen molar-refractivity contribution in [2.75, 3.05) is 20.3 Å². The van der Waals surface area contributed by atoms with Crippen LogP contribution in [0.3, 0.4) is 0 Å². The van der Waals surface area contributed by atoms with Gasteiger partial charge in [-0.2, -0.15) is 0 Å². The van der Waals surface area contributed by atoms with Gasteiger partial charge in [0.1, 0.15) is 11.6 Å². The number of fused-ring (bicyclic) bond motifs is 1. The van der Waals surface area contributed by atoms with Crippen LogP contribution < -0.4 is 14.8 Å². The summed E-state index contributed by atoms with van der Waals surface area (Å²) in [5.74, 6) is 2.97. The first-order valence-electron chi connectivity index (χ1n) is 8.83. The van der Waals surface area contributed by atoms with E-state index in [9.17, 15) is 4.79 Å². The molecule has 140 valence electrons. The number of aryl methyl sites for hydroxylation is 1. The third-order valence-electron chi connectivity index (χ3n) is 4.26. The summed E-state index contributed by atoms with van der Waals surface area (Å²) in [6.07, 6.45) is 3.66. The van der Waals surface area contributed by atoms with Crippen molar-refractivity contribution in [3.63, 3.8) is 0 Å². The fourth-order valence-corrected chi connectivity index (χ4v) is 3.54. The SMILES string of the molecule is CCCOc1c(Br)cc(C(=O)NCCc2nnc3n2CCC3)cc1OC. The standard InChI is InChI=1S/C18H23BrN4O3/c1-3-9-26-17-13(19)10-12(11-14(17)25-2)18(24)20-7-6-16-22-21-15-5-4-8-23(15)16/h10-11H,3-9H2,1-2H3,(H,20,24). The molecule has 2 aromatic rings. The van der Waals surface area contributed by atoms with Gasteiger partial charge in [0.05, 0.1) is 18.2 Å². The van der Waals surface area contributed by atoms with Crippen LogP contribution in [0.5, 0.6) is 11.5 Å². The maximum absolute atomic E-state index is 12.5. The number of amides is 1. The zero-order valence-electron chi connectivity index (χ0n) is 15.0. The molecule has 1 aliphatic heterocycles. The smallest absolute Gasteiger partial charge is 0.251 e. The minimum Gasteiger partial charge on any atom is -0.493 e. The van der Waals surface area contributed by atoms with Crippen molar-refractivity contribution >= 4 is 21.8 Å². The first-order valence-corrected chi connectivity index (χ1v) is 9.62. The molecule has 2 heterocycles. The van der Waals surface area contributed by atoms with Crippen LogP contribution in [0.15, 0.2) is 16.6 Å². The Kier molecular flexibility index (Phi) is 6.13. The summed E-state index contributed by atoms with van der Waals surface area (Å²) in [6, 6.07) is 3.44. The van der Waals surface area contributed by atoms with Crippen molar-refractivity contribution in [1.29, 1.82) is 0 Å². The van der Waals surface area contributed by atoms with Crippen LogP contribution in [-0.4, -0.2) is 40.9 Å². The molecule has 1 amide bonds. The summed E-state index contributed by atoms with van der Waals surface area (Å²) in [5, 5.41) is 11.3. The summed E-state index contributed by atoms with van der Waals surface area (Å²) in [5.41, 5.74) is 0.518. The number of carbonyl (C=O) groups excluding carboxylic acids is 1. The summed E-state index contributed by atoms with van der Waals surface area (Å²) >= 11 is 3.46. The minimum absolute atomic E-state index is 0.160. The van der Waals surface area contributed by atoms with Crippen LogP contribution in [0, 0.1) is 0 Å². The number of hydrogen-bond acceptors (Lipinski definition) is 5. The van der Waals surface area contributed by atoms with Crippen molar-refractivity contribution in [2.24, 2.45) is 0 Å². The normalized spacial score (nSPS) is 12.7. The van der Waals surface area contributed by atoms with Gasteiger partial charge >= 0.3 is 0 Å². The van der Waals surface area contributed by atoms with Gasteiger partial charge in [-0.1, -0.05) is 6.92 Å². The molecule has 0 unspecified atom stereocenters. The number of hydrogen-bond donors (Lipinski definition) is 1. The van der Waals surface area contributed by atoms with E-state index in [-0.39, 0.29) is 5.91 Å². The highest BCUT2D eigenvalue weighted by Gasteiger charge is 2.18. The van der Waals surface area contributed by atoms with Crippen molar-refractivity contribution in [3.8, 4) is 11.5 Å². The van der Waals surface area contributed by atoms with Gasteiger partial charge in [-0.15, -0.1) is 10.2 Å². The molecule has 26 heavy (non-hydrogen) atoms. The van der Waals surface area contributed by atoms with Gasteiger partial charge in [-0.3, -0.25) is 4.79 Å². The quantitative estimate of drug-likeness (QED) is 0.707. The van der Waals surface area contributed by atoms with Crippen molar-refractivity contribution < 1.29 is 14.3 Å². The minimum atomic E-state index is -0.160. The molecule has 0 atom stereocenters. The van der Waals surface area contributed by atoms with Crippen molar-refractivity contribution in [3.05, 3.63) is 33.8 Å². The number of rotatable bonds is 8. The van der Waals surface area contributed by atoms with Gasteiger partial charge < -0.3 is 19.4 Å². The van der Waals surface area contributed by atoms with Crippen LogP contribution in [0.4, 0.5) is 0 Å². The number of aromatic nitrogens is 3. The molecule has 0 saturated heterocycles. The predicted molar refractivity (Wildman–Crippen MR) is 101 cm³/mol. The molecular formula is C18H23BrN4O3. The lowest BCUT2D eigenvalue weighted by molar-refractivity contribution is 0.0953. The van der Waals surface area contributed by atoms with E-state index in [2.05, 4.69) is 36.0 Å². The zero-order chi connectivity index (χ0) is 18.5. The van der Waals surface area contributed by atoms with Crippen LogP contribution in [-0.2, 0) is 19.4 Å². The Morgan fingerprint density at radius 1 is 1.38 bits per heavy atom. The van der Waals surface area contributed by atoms with Gasteiger partial charge in [-0.25, -0.2) is 0 Å². The van der Waals surface area contributed by atoms with E-state index in [0.717, 1.165) is 37.5 Å². The third kappa shape index (κ3) is 4.00. The number of benzene rings is 1. The molecule has 0 bridgehead atoms. The Morgan fingerprint density at radius 2 is 2.23 bits per heavy atom. The molecule has 0 radical (unpaired) electrons. The average molecular weight is 423 g/mol. The maximum Gasteiger partial charge on any atom is 0.251 e. The summed E-state index contributed by atoms with van der Waals surface area (Å²) in [6.45, 7) is 4.09. The summed E-state index contributed by atoms with van der Waals surface area (Å²) < 4.78 is 13.9. The van der Waals surface area contributed by atoms with E-state index in [4.69, 9.17) is 9.47 Å². The number of nitrogens with zero attached hydrogens (tertiary/aromatic N) is 3. The van der Waals surface area contributed by atoms with Crippen LogP contribution in [0.1, 0.15) is 41.8 Å². The predicted octanol–water partition coefficient (Wildman–Crippen LogP) is 2.76. The van der Waals surface area contributed by atoms with E-state index >= 15 is 0 Å². The second kappa shape index (κ2) is 8.53. The largest absolute Gasteiger partial charge is 0.493 e. The molecule has 0 aliphatic carbocycles. The van der Waals surface area contributed by atoms with E-state index in [1.54, 1.807) is 19.2 Å². The van der Waals surface area contributed by atoms with Gasteiger partial charge in [0.2, 0.25) is 0 Å². The number of methoxy groups -OCH3 is 1. The highest BCUT2D eigenvalue weighted by Crippen LogP contribution is 2.36. The van der Waals surface area contributed by atoms with Gasteiger partial charge in [-0.05, 0) is 40.9 Å². The van der Waals surface area contributed by atoms with Gasteiger partial charge in [0.25, 0.3) is 5.91 Å². The maximum atomic E-state index is 12.5. The second-order valence-corrected chi connectivity index (χ2v) is 6.99. The van der Waals surface area contributed by atoms with Crippen LogP contribution >= 0.6 is 15.9 Å². The Balaban J connectivity index is 1.62. The first kappa shape index (κ1) is 18.7. The van der Waals surface area contributed by atoms with Gasteiger partial charge in [0, 0.05) is 31.5 Å². The molecular weight excluding hydrogens is 400 g/mol. The number of ether oxygens (including phenoxy) is 2. The third-order valence-corrected chi connectivity index (χ3v) is 4.85.